The largest absolute Gasteiger partial charge is 0.388 e. The first kappa shape index (κ1) is 15.8. The molecule has 116 valence electrons. The topological polar surface area (TPSA) is 74.2 Å². The molecule has 1 aliphatic rings. The summed E-state index contributed by atoms with van der Waals surface area (Å²) in [6.45, 7) is 0.904. The van der Waals surface area contributed by atoms with Crippen molar-refractivity contribution >= 4 is 6.03 Å². The summed E-state index contributed by atoms with van der Waals surface area (Å²) in [6, 6.07) is 3.66. The maximum Gasteiger partial charge on any atom is 0.314 e. The van der Waals surface area contributed by atoms with Crippen LogP contribution in [0, 0.1) is 0 Å². The number of hydrogen-bond donors (Lipinski definition) is 3. The van der Waals surface area contributed by atoms with Gasteiger partial charge in [0, 0.05) is 25.5 Å². The van der Waals surface area contributed by atoms with Crippen molar-refractivity contribution in [2.75, 3.05) is 13.1 Å². The molecule has 0 unspecified atom stereocenters. The summed E-state index contributed by atoms with van der Waals surface area (Å²) in [5, 5.41) is 16.1. The van der Waals surface area contributed by atoms with E-state index in [1.807, 2.05) is 12.1 Å². The number of nitrogens with one attached hydrogen (secondary N) is 2. The third kappa shape index (κ3) is 5.71. The zero-order chi connectivity index (χ0) is 15.0. The van der Waals surface area contributed by atoms with Gasteiger partial charge < -0.3 is 15.7 Å². The molecule has 3 N–H and O–H groups in total. The van der Waals surface area contributed by atoms with Gasteiger partial charge in [-0.2, -0.15) is 0 Å². The van der Waals surface area contributed by atoms with E-state index in [9.17, 15) is 9.90 Å². The highest BCUT2D eigenvalue weighted by molar-refractivity contribution is 5.73. The maximum absolute atomic E-state index is 11.8. The minimum Gasteiger partial charge on any atom is -0.388 e. The van der Waals surface area contributed by atoms with Gasteiger partial charge in [0.2, 0.25) is 0 Å². The molecule has 21 heavy (non-hydrogen) atoms. The average molecular weight is 291 g/mol. The molecule has 0 atom stereocenters. The van der Waals surface area contributed by atoms with Gasteiger partial charge in [0.05, 0.1) is 5.60 Å². The van der Waals surface area contributed by atoms with Gasteiger partial charge in [-0.3, -0.25) is 4.98 Å². The minimum absolute atomic E-state index is 0.212. The molecule has 1 saturated carbocycles. The SMILES string of the molecule is O=C(NCCc1cccnc1)NCC1(O)CCCCCC1. The van der Waals surface area contributed by atoms with Crippen molar-refractivity contribution in [3.63, 3.8) is 0 Å². The Morgan fingerprint density at radius 1 is 1.24 bits per heavy atom. The third-order valence-corrected chi connectivity index (χ3v) is 4.03. The Morgan fingerprint density at radius 2 is 2.00 bits per heavy atom. The number of pyridine rings is 1. The molecule has 2 amide bonds. The fourth-order valence-electron chi connectivity index (χ4n) is 2.74. The van der Waals surface area contributed by atoms with Crippen LogP contribution >= 0.6 is 0 Å². The molecule has 0 aromatic carbocycles. The molecule has 0 aliphatic heterocycles. The highest BCUT2D eigenvalue weighted by Gasteiger charge is 2.28. The van der Waals surface area contributed by atoms with Crippen molar-refractivity contribution in [2.24, 2.45) is 0 Å². The van der Waals surface area contributed by atoms with Crippen LogP contribution in [0.4, 0.5) is 4.79 Å². The van der Waals surface area contributed by atoms with Crippen molar-refractivity contribution in [3.05, 3.63) is 30.1 Å². The lowest BCUT2D eigenvalue weighted by Gasteiger charge is -2.26. The zero-order valence-corrected chi connectivity index (χ0v) is 12.5. The summed E-state index contributed by atoms with van der Waals surface area (Å²) in [6.07, 6.45) is 10.3. The number of carbonyl (C=O) groups is 1. The highest BCUT2D eigenvalue weighted by Crippen LogP contribution is 2.26. The van der Waals surface area contributed by atoms with E-state index in [4.69, 9.17) is 0 Å². The van der Waals surface area contributed by atoms with Gasteiger partial charge in [-0.05, 0) is 30.9 Å². The van der Waals surface area contributed by atoms with Gasteiger partial charge in [0.15, 0.2) is 0 Å². The van der Waals surface area contributed by atoms with E-state index in [-0.39, 0.29) is 6.03 Å². The van der Waals surface area contributed by atoms with Gasteiger partial charge >= 0.3 is 6.03 Å². The lowest BCUT2D eigenvalue weighted by Crippen LogP contribution is -2.46. The van der Waals surface area contributed by atoms with Crippen LogP contribution in [-0.4, -0.2) is 34.8 Å². The van der Waals surface area contributed by atoms with E-state index < -0.39 is 5.60 Å². The van der Waals surface area contributed by atoms with Gasteiger partial charge in [0.1, 0.15) is 0 Å². The normalized spacial score (nSPS) is 17.8. The monoisotopic (exact) mass is 291 g/mol. The first-order valence-corrected chi connectivity index (χ1v) is 7.81. The Morgan fingerprint density at radius 3 is 2.67 bits per heavy atom. The number of urea groups is 1. The number of rotatable bonds is 5. The van der Waals surface area contributed by atoms with Crippen LogP contribution < -0.4 is 10.6 Å². The van der Waals surface area contributed by atoms with E-state index in [0.717, 1.165) is 37.7 Å². The van der Waals surface area contributed by atoms with E-state index >= 15 is 0 Å². The van der Waals surface area contributed by atoms with Crippen LogP contribution in [-0.2, 0) is 6.42 Å². The first-order chi connectivity index (χ1) is 10.2. The van der Waals surface area contributed by atoms with Crippen LogP contribution in [0.1, 0.15) is 44.1 Å². The third-order valence-electron chi connectivity index (χ3n) is 4.03. The molecule has 1 heterocycles. The molecule has 0 spiro atoms. The van der Waals surface area contributed by atoms with Crippen molar-refractivity contribution in [3.8, 4) is 0 Å². The fraction of sp³-hybridized carbons (Fsp3) is 0.625. The molecule has 0 saturated heterocycles. The number of amides is 2. The molecule has 1 aliphatic carbocycles. The molecule has 1 aromatic rings. The Balaban J connectivity index is 1.65. The number of aromatic nitrogens is 1. The predicted octanol–water partition coefficient (Wildman–Crippen LogP) is 2.01. The summed E-state index contributed by atoms with van der Waals surface area (Å²) in [7, 11) is 0. The van der Waals surface area contributed by atoms with Crippen molar-refractivity contribution in [1.82, 2.24) is 15.6 Å². The van der Waals surface area contributed by atoms with Crippen molar-refractivity contribution in [1.29, 1.82) is 0 Å². The molecule has 0 radical (unpaired) electrons. The summed E-state index contributed by atoms with van der Waals surface area (Å²) >= 11 is 0. The second-order valence-corrected chi connectivity index (χ2v) is 5.86. The molecular formula is C16H25N3O2. The van der Waals surface area contributed by atoms with E-state index in [1.54, 1.807) is 12.4 Å². The molecular weight excluding hydrogens is 266 g/mol. The second-order valence-electron chi connectivity index (χ2n) is 5.86. The summed E-state index contributed by atoms with van der Waals surface area (Å²) in [5.41, 5.74) is 0.372. The Bertz CT molecular complexity index is 428. The standard InChI is InChI=1S/C16H25N3O2/c20-15(18-11-7-14-6-5-10-17-12-14)19-13-16(21)8-3-1-2-4-9-16/h5-6,10,12,21H,1-4,7-9,11,13H2,(H2,18,19,20). The second kappa shape index (κ2) is 7.98. The number of carbonyl (C=O) groups excluding carboxylic acids is 1. The van der Waals surface area contributed by atoms with E-state index in [2.05, 4.69) is 15.6 Å². The highest BCUT2D eigenvalue weighted by atomic mass is 16.3. The van der Waals surface area contributed by atoms with Gasteiger partial charge in [-0.15, -0.1) is 0 Å². The summed E-state index contributed by atoms with van der Waals surface area (Å²) in [4.78, 5) is 15.8. The molecule has 2 rings (SSSR count). The van der Waals surface area contributed by atoms with Crippen LogP contribution in [0.5, 0.6) is 0 Å². The van der Waals surface area contributed by atoms with E-state index in [1.165, 1.54) is 12.8 Å². The predicted molar refractivity (Wildman–Crippen MR) is 82.0 cm³/mol. The number of aliphatic hydroxyl groups is 1. The zero-order valence-electron chi connectivity index (χ0n) is 12.5. The molecule has 1 aromatic heterocycles. The van der Waals surface area contributed by atoms with Crippen LogP contribution in [0.15, 0.2) is 24.5 Å². The maximum atomic E-state index is 11.8. The first-order valence-electron chi connectivity index (χ1n) is 7.81. The molecule has 1 fully saturated rings. The van der Waals surface area contributed by atoms with Crippen LogP contribution in [0.2, 0.25) is 0 Å². The lowest BCUT2D eigenvalue weighted by atomic mass is 9.95. The van der Waals surface area contributed by atoms with Crippen molar-refractivity contribution in [2.45, 2.75) is 50.5 Å². The molecule has 5 nitrogen and oxygen atoms in total. The average Bonchev–Trinajstić information content (AvgIpc) is 2.72. The van der Waals surface area contributed by atoms with Crippen LogP contribution in [0.3, 0.4) is 0 Å². The Hall–Kier alpha value is -1.62. The quantitative estimate of drug-likeness (QED) is 0.727. The summed E-state index contributed by atoms with van der Waals surface area (Å²) < 4.78 is 0. The van der Waals surface area contributed by atoms with Gasteiger partial charge in [-0.25, -0.2) is 4.79 Å². The van der Waals surface area contributed by atoms with Gasteiger partial charge in [-0.1, -0.05) is 31.7 Å². The van der Waals surface area contributed by atoms with Crippen molar-refractivity contribution < 1.29 is 9.90 Å². The lowest BCUT2D eigenvalue weighted by molar-refractivity contribution is 0.0277. The molecule has 5 heteroatoms. The summed E-state index contributed by atoms with van der Waals surface area (Å²) in [5.74, 6) is 0. The van der Waals surface area contributed by atoms with Crippen LogP contribution in [0.25, 0.3) is 0 Å². The number of hydrogen-bond acceptors (Lipinski definition) is 3. The minimum atomic E-state index is -0.725. The van der Waals surface area contributed by atoms with E-state index in [0.29, 0.717) is 13.1 Å². The Kier molecular flexibility index (Phi) is 5.99. The molecule has 0 bridgehead atoms. The van der Waals surface area contributed by atoms with Gasteiger partial charge in [0.25, 0.3) is 0 Å². The Labute approximate surface area is 126 Å². The smallest absolute Gasteiger partial charge is 0.314 e. The number of nitrogens with zero attached hydrogens (tertiary/aromatic N) is 1. The fourth-order valence-corrected chi connectivity index (χ4v) is 2.74.